The molecule has 1 heterocycles. The zero-order valence-electron chi connectivity index (χ0n) is 17.1. The first-order chi connectivity index (χ1) is 14.5. The summed E-state index contributed by atoms with van der Waals surface area (Å²) in [5.74, 6) is 1.68. The lowest BCUT2D eigenvalue weighted by Crippen LogP contribution is -2.20. The van der Waals surface area contributed by atoms with Crippen molar-refractivity contribution in [2.24, 2.45) is 0 Å². The van der Waals surface area contributed by atoms with Gasteiger partial charge in [-0.2, -0.15) is 0 Å². The minimum absolute atomic E-state index is 0.0756. The van der Waals surface area contributed by atoms with Crippen LogP contribution in [-0.2, 0) is 4.79 Å². The highest BCUT2D eigenvalue weighted by Gasteiger charge is 2.11. The summed E-state index contributed by atoms with van der Waals surface area (Å²) in [5.41, 5.74) is 4.79. The molecule has 0 atom stereocenters. The van der Waals surface area contributed by atoms with Crippen molar-refractivity contribution in [3.05, 3.63) is 71.8 Å². The molecule has 0 unspecified atom stereocenters. The predicted octanol–water partition coefficient (Wildman–Crippen LogP) is 5.14. The first kappa shape index (κ1) is 19.5. The number of aromatic nitrogens is 1. The molecule has 0 aliphatic carbocycles. The Hall–Kier alpha value is -3.80. The van der Waals surface area contributed by atoms with E-state index in [1.54, 1.807) is 19.2 Å². The fourth-order valence-electron chi connectivity index (χ4n) is 3.09. The highest BCUT2D eigenvalue weighted by atomic mass is 16.5. The van der Waals surface area contributed by atoms with Gasteiger partial charge in [-0.15, -0.1) is 0 Å². The van der Waals surface area contributed by atoms with E-state index in [0.717, 1.165) is 22.4 Å². The van der Waals surface area contributed by atoms with E-state index in [4.69, 9.17) is 13.9 Å². The van der Waals surface area contributed by atoms with Crippen LogP contribution >= 0.6 is 0 Å². The maximum atomic E-state index is 12.3. The summed E-state index contributed by atoms with van der Waals surface area (Å²) >= 11 is 0. The number of oxazole rings is 1. The average Bonchev–Trinajstić information content (AvgIpc) is 3.18. The van der Waals surface area contributed by atoms with Crippen molar-refractivity contribution in [2.75, 3.05) is 19.0 Å². The Bertz CT molecular complexity index is 1210. The maximum absolute atomic E-state index is 12.3. The van der Waals surface area contributed by atoms with Gasteiger partial charge in [-0.25, -0.2) is 4.98 Å². The van der Waals surface area contributed by atoms with E-state index >= 15 is 0 Å². The molecule has 0 saturated carbocycles. The lowest BCUT2D eigenvalue weighted by molar-refractivity contribution is -0.118. The number of hydrogen-bond acceptors (Lipinski definition) is 5. The molecule has 0 spiro atoms. The summed E-state index contributed by atoms with van der Waals surface area (Å²) in [6, 6.07) is 18.8. The minimum Gasteiger partial charge on any atom is -0.497 e. The second kappa shape index (κ2) is 8.29. The van der Waals surface area contributed by atoms with Crippen molar-refractivity contribution < 1.29 is 18.7 Å². The lowest BCUT2D eigenvalue weighted by atomic mass is 10.1. The maximum Gasteiger partial charge on any atom is 0.262 e. The number of fused-ring (bicyclic) bond motifs is 1. The van der Waals surface area contributed by atoms with Gasteiger partial charge in [0.05, 0.1) is 7.11 Å². The van der Waals surface area contributed by atoms with Gasteiger partial charge in [-0.3, -0.25) is 4.79 Å². The van der Waals surface area contributed by atoms with E-state index < -0.39 is 0 Å². The molecule has 0 radical (unpaired) electrons. The number of anilines is 1. The average molecular weight is 402 g/mol. The van der Waals surface area contributed by atoms with Crippen molar-refractivity contribution in [2.45, 2.75) is 13.8 Å². The highest BCUT2D eigenvalue weighted by molar-refractivity contribution is 5.94. The summed E-state index contributed by atoms with van der Waals surface area (Å²) in [6.45, 7) is 3.86. The largest absolute Gasteiger partial charge is 0.497 e. The van der Waals surface area contributed by atoms with Crippen molar-refractivity contribution in [1.82, 2.24) is 4.98 Å². The smallest absolute Gasteiger partial charge is 0.262 e. The van der Waals surface area contributed by atoms with Crippen LogP contribution in [0.25, 0.3) is 22.6 Å². The monoisotopic (exact) mass is 402 g/mol. The number of ether oxygens (including phenoxy) is 2. The van der Waals surface area contributed by atoms with Crippen LogP contribution in [0.4, 0.5) is 5.69 Å². The number of carbonyl (C=O) groups is 1. The Morgan fingerprint density at radius 2 is 1.93 bits per heavy atom. The molecule has 4 rings (SSSR count). The van der Waals surface area contributed by atoms with E-state index in [1.807, 2.05) is 62.4 Å². The standard InChI is InChI=1S/C24H22N2O4/c1-15-7-8-16(2)21(11-15)29-14-23(27)25-18-9-10-20-22(13-18)30-24(26-20)17-5-4-6-19(12-17)28-3/h4-13H,14H2,1-3H3,(H,25,27). The zero-order valence-corrected chi connectivity index (χ0v) is 17.1. The van der Waals surface area contributed by atoms with E-state index in [0.29, 0.717) is 28.4 Å². The van der Waals surface area contributed by atoms with Crippen LogP contribution < -0.4 is 14.8 Å². The van der Waals surface area contributed by atoms with Gasteiger partial charge < -0.3 is 19.2 Å². The molecule has 30 heavy (non-hydrogen) atoms. The first-order valence-electron chi connectivity index (χ1n) is 9.57. The molecule has 152 valence electrons. The van der Waals surface area contributed by atoms with Gasteiger partial charge in [-0.05, 0) is 61.4 Å². The van der Waals surface area contributed by atoms with Gasteiger partial charge >= 0.3 is 0 Å². The van der Waals surface area contributed by atoms with Crippen molar-refractivity contribution in [1.29, 1.82) is 0 Å². The number of benzene rings is 3. The van der Waals surface area contributed by atoms with Crippen LogP contribution in [0.1, 0.15) is 11.1 Å². The summed E-state index contributed by atoms with van der Waals surface area (Å²) < 4.78 is 16.8. The number of aryl methyl sites for hydroxylation is 2. The molecule has 0 fully saturated rings. The molecular weight excluding hydrogens is 380 g/mol. The van der Waals surface area contributed by atoms with Crippen molar-refractivity contribution in [3.8, 4) is 23.0 Å². The quantitative estimate of drug-likeness (QED) is 0.483. The fraction of sp³-hybridized carbons (Fsp3) is 0.167. The van der Waals surface area contributed by atoms with Gasteiger partial charge in [0.25, 0.3) is 5.91 Å². The number of methoxy groups -OCH3 is 1. The number of nitrogens with one attached hydrogen (secondary N) is 1. The highest BCUT2D eigenvalue weighted by Crippen LogP contribution is 2.28. The molecular formula is C24H22N2O4. The van der Waals surface area contributed by atoms with Crippen LogP contribution in [0.2, 0.25) is 0 Å². The number of hydrogen-bond donors (Lipinski definition) is 1. The van der Waals surface area contributed by atoms with Crippen LogP contribution in [-0.4, -0.2) is 24.6 Å². The third-order valence-electron chi connectivity index (χ3n) is 4.69. The summed E-state index contributed by atoms with van der Waals surface area (Å²) in [4.78, 5) is 16.8. The number of amides is 1. The molecule has 6 nitrogen and oxygen atoms in total. The molecule has 1 amide bonds. The molecule has 0 bridgehead atoms. The van der Waals surface area contributed by atoms with Crippen molar-refractivity contribution in [3.63, 3.8) is 0 Å². The third kappa shape index (κ3) is 4.27. The summed E-state index contributed by atoms with van der Waals surface area (Å²) in [5, 5.41) is 2.83. The van der Waals surface area contributed by atoms with Gasteiger partial charge in [0.2, 0.25) is 5.89 Å². The Morgan fingerprint density at radius 3 is 2.77 bits per heavy atom. The first-order valence-corrected chi connectivity index (χ1v) is 9.57. The normalized spacial score (nSPS) is 10.8. The molecule has 0 aliphatic rings. The predicted molar refractivity (Wildman–Crippen MR) is 116 cm³/mol. The van der Waals surface area contributed by atoms with Gasteiger partial charge in [0, 0.05) is 17.3 Å². The van der Waals surface area contributed by atoms with Crippen LogP contribution in [0.15, 0.2) is 65.1 Å². The van der Waals surface area contributed by atoms with Gasteiger partial charge in [0.1, 0.15) is 17.0 Å². The molecule has 0 aliphatic heterocycles. The molecule has 1 N–H and O–H groups in total. The number of nitrogens with zero attached hydrogens (tertiary/aromatic N) is 1. The number of carbonyl (C=O) groups excluding carboxylic acids is 1. The van der Waals surface area contributed by atoms with Gasteiger partial charge in [0.15, 0.2) is 12.2 Å². The van der Waals surface area contributed by atoms with Crippen LogP contribution in [0.3, 0.4) is 0 Å². The van der Waals surface area contributed by atoms with E-state index in [2.05, 4.69) is 10.3 Å². The second-order valence-electron chi connectivity index (χ2n) is 7.04. The van der Waals surface area contributed by atoms with E-state index in [9.17, 15) is 4.79 Å². The van der Waals surface area contributed by atoms with Crippen LogP contribution in [0.5, 0.6) is 11.5 Å². The summed E-state index contributed by atoms with van der Waals surface area (Å²) in [7, 11) is 1.62. The molecule has 1 aromatic heterocycles. The van der Waals surface area contributed by atoms with Gasteiger partial charge in [-0.1, -0.05) is 18.2 Å². The Kier molecular flexibility index (Phi) is 5.39. The third-order valence-corrected chi connectivity index (χ3v) is 4.69. The Morgan fingerprint density at radius 1 is 1.07 bits per heavy atom. The van der Waals surface area contributed by atoms with Crippen LogP contribution in [0, 0.1) is 13.8 Å². The SMILES string of the molecule is COc1cccc(-c2nc3ccc(NC(=O)COc4cc(C)ccc4C)cc3o2)c1. The van der Waals surface area contributed by atoms with E-state index in [1.165, 1.54) is 0 Å². The molecule has 3 aromatic carbocycles. The molecule has 0 saturated heterocycles. The Labute approximate surface area is 174 Å². The molecule has 6 heteroatoms. The Balaban J connectivity index is 1.46. The van der Waals surface area contributed by atoms with Crippen molar-refractivity contribution >= 4 is 22.7 Å². The summed E-state index contributed by atoms with van der Waals surface area (Å²) in [6.07, 6.45) is 0. The lowest BCUT2D eigenvalue weighted by Gasteiger charge is -2.10. The van der Waals surface area contributed by atoms with E-state index in [-0.39, 0.29) is 12.5 Å². The minimum atomic E-state index is -0.247. The topological polar surface area (TPSA) is 73.6 Å². The second-order valence-corrected chi connectivity index (χ2v) is 7.04. The number of rotatable bonds is 6. The fourth-order valence-corrected chi connectivity index (χ4v) is 3.09. The zero-order chi connectivity index (χ0) is 21.1. The molecule has 4 aromatic rings.